The third-order valence-electron chi connectivity index (χ3n) is 8.95. The standard InChI is InChI=1S/C31H37N3O7/c1-5-34(4)14-15-7-6-8-16(11-15)18-9-10-21(35)23-19(18)12-17-13-20-24(28(37)22(17)27(23)36)31(40,41)25(30(32)39)29(38)26(20)33(2)3/h6-11,17,20,24,26,35,37-38,40-41H,5,12-14H2,1-4H3,(H2,32,39)/t17?,20?,24?,26-/m0/s1. The van der Waals surface area contributed by atoms with Gasteiger partial charge in [-0.1, -0.05) is 31.2 Å². The summed E-state index contributed by atoms with van der Waals surface area (Å²) in [4.78, 5) is 30.0. The van der Waals surface area contributed by atoms with Crippen molar-refractivity contribution >= 4 is 11.7 Å². The van der Waals surface area contributed by atoms with Gasteiger partial charge in [0.1, 0.15) is 22.8 Å². The van der Waals surface area contributed by atoms with Gasteiger partial charge in [-0.15, -0.1) is 0 Å². The van der Waals surface area contributed by atoms with Crippen molar-refractivity contribution in [3.8, 4) is 16.9 Å². The van der Waals surface area contributed by atoms with Crippen molar-refractivity contribution < 1.29 is 35.1 Å². The fourth-order valence-corrected chi connectivity index (χ4v) is 7.09. The number of nitrogens with zero attached hydrogens (tertiary/aromatic N) is 2. The first kappa shape index (κ1) is 28.8. The van der Waals surface area contributed by atoms with Crippen molar-refractivity contribution in [2.45, 2.75) is 38.1 Å². The van der Waals surface area contributed by atoms with E-state index in [1.807, 2.05) is 25.2 Å². The van der Waals surface area contributed by atoms with Crippen molar-refractivity contribution in [1.29, 1.82) is 0 Å². The van der Waals surface area contributed by atoms with Gasteiger partial charge >= 0.3 is 0 Å². The summed E-state index contributed by atoms with van der Waals surface area (Å²) in [6.45, 7) is 3.71. The highest BCUT2D eigenvalue weighted by molar-refractivity contribution is 6.14. The van der Waals surface area contributed by atoms with Crippen molar-refractivity contribution in [3.05, 3.63) is 75.8 Å². The van der Waals surface area contributed by atoms with Crippen molar-refractivity contribution in [3.63, 3.8) is 0 Å². The smallest absolute Gasteiger partial charge is 0.253 e. The Morgan fingerprint density at radius 3 is 2.41 bits per heavy atom. The Balaban J connectivity index is 1.65. The predicted molar refractivity (Wildman–Crippen MR) is 152 cm³/mol. The van der Waals surface area contributed by atoms with Crippen LogP contribution in [0.3, 0.4) is 0 Å². The minimum Gasteiger partial charge on any atom is -0.511 e. The van der Waals surface area contributed by atoms with Gasteiger partial charge in [0, 0.05) is 12.1 Å². The van der Waals surface area contributed by atoms with Crippen molar-refractivity contribution in [2.24, 2.45) is 23.5 Å². The minimum atomic E-state index is -3.01. The van der Waals surface area contributed by atoms with Gasteiger partial charge in [0.15, 0.2) is 5.78 Å². The molecule has 1 amide bonds. The van der Waals surface area contributed by atoms with E-state index in [9.17, 15) is 35.1 Å². The second-order valence-electron chi connectivity index (χ2n) is 11.7. The number of likely N-dealkylation sites (N-methyl/N-ethyl adjacent to an activating group) is 1. The molecular formula is C31H37N3O7. The number of aliphatic hydroxyl groups excluding tert-OH is 2. The number of hydrogen-bond acceptors (Lipinski definition) is 9. The van der Waals surface area contributed by atoms with E-state index in [0.717, 1.165) is 29.8 Å². The molecule has 3 aliphatic carbocycles. The number of phenols is 1. The highest BCUT2D eigenvalue weighted by Crippen LogP contribution is 2.54. The summed E-state index contributed by atoms with van der Waals surface area (Å²) in [5.41, 5.74) is 8.07. The van der Waals surface area contributed by atoms with Gasteiger partial charge in [-0.05, 0) is 86.8 Å². The molecule has 4 atom stereocenters. The van der Waals surface area contributed by atoms with Crippen LogP contribution in [0.25, 0.3) is 11.1 Å². The monoisotopic (exact) mass is 563 g/mol. The zero-order chi connectivity index (χ0) is 30.0. The molecule has 0 saturated carbocycles. The number of allylic oxidation sites excluding steroid dienone is 1. The van der Waals surface area contributed by atoms with Crippen LogP contribution in [0.2, 0.25) is 0 Å². The molecule has 2 aromatic carbocycles. The number of benzene rings is 2. The van der Waals surface area contributed by atoms with Gasteiger partial charge in [-0.25, -0.2) is 0 Å². The molecule has 0 bridgehead atoms. The third kappa shape index (κ3) is 4.51. The van der Waals surface area contributed by atoms with Crippen LogP contribution >= 0.6 is 0 Å². The van der Waals surface area contributed by atoms with Gasteiger partial charge in [-0.2, -0.15) is 0 Å². The molecule has 3 aliphatic rings. The summed E-state index contributed by atoms with van der Waals surface area (Å²) < 4.78 is 0. The Morgan fingerprint density at radius 1 is 1.07 bits per heavy atom. The van der Waals surface area contributed by atoms with Crippen LogP contribution in [0, 0.1) is 17.8 Å². The largest absolute Gasteiger partial charge is 0.511 e. The number of carbonyl (C=O) groups is 2. The van der Waals surface area contributed by atoms with E-state index in [0.29, 0.717) is 12.0 Å². The maximum Gasteiger partial charge on any atom is 0.253 e. The molecule has 3 unspecified atom stereocenters. The van der Waals surface area contributed by atoms with Gasteiger partial charge < -0.3 is 36.2 Å². The highest BCUT2D eigenvalue weighted by atomic mass is 16.5. The lowest BCUT2D eigenvalue weighted by Crippen LogP contribution is -2.60. The second kappa shape index (κ2) is 10.3. The summed E-state index contributed by atoms with van der Waals surface area (Å²) in [5, 5.41) is 55.6. The fourth-order valence-electron chi connectivity index (χ4n) is 7.09. The predicted octanol–water partition coefficient (Wildman–Crippen LogP) is 2.24. The normalized spacial score (nSPS) is 25.3. The minimum absolute atomic E-state index is 0.0280. The van der Waals surface area contributed by atoms with E-state index in [-0.39, 0.29) is 23.3 Å². The lowest BCUT2D eigenvalue weighted by Gasteiger charge is -2.51. The molecule has 2 aromatic rings. The van der Waals surface area contributed by atoms with Crippen LogP contribution in [0.15, 0.2) is 59.1 Å². The van der Waals surface area contributed by atoms with Gasteiger partial charge in [0.25, 0.3) is 5.91 Å². The number of primary amides is 1. The average Bonchev–Trinajstić information content (AvgIpc) is 2.87. The summed E-state index contributed by atoms with van der Waals surface area (Å²) in [5.74, 6) is -9.03. The number of hydrogen-bond donors (Lipinski definition) is 6. The Hall–Kier alpha value is -3.70. The molecule has 0 fully saturated rings. The number of Topliss-reactive ketones (excluding diaryl/α,β-unsaturated/α-hetero) is 1. The summed E-state index contributed by atoms with van der Waals surface area (Å²) in [6, 6.07) is 10.4. The Labute approximate surface area is 238 Å². The lowest BCUT2D eigenvalue weighted by atomic mass is 9.59. The molecular weight excluding hydrogens is 526 g/mol. The fraction of sp³-hybridized carbons (Fsp3) is 0.419. The molecule has 0 spiro atoms. The number of amides is 1. The molecule has 0 radical (unpaired) electrons. The van der Waals surface area contributed by atoms with E-state index in [4.69, 9.17) is 5.73 Å². The first-order valence-corrected chi connectivity index (χ1v) is 13.7. The molecule has 7 N–H and O–H groups in total. The Kier molecular flexibility index (Phi) is 7.23. The van der Waals surface area contributed by atoms with Crippen LogP contribution in [0.1, 0.15) is 34.8 Å². The maximum absolute atomic E-state index is 14.0. The number of carbonyl (C=O) groups excluding carboxylic acids is 2. The zero-order valence-electron chi connectivity index (χ0n) is 23.6. The van der Waals surface area contributed by atoms with E-state index in [1.165, 1.54) is 6.07 Å². The van der Waals surface area contributed by atoms with E-state index in [1.54, 1.807) is 25.1 Å². The van der Waals surface area contributed by atoms with Gasteiger partial charge in [0.2, 0.25) is 5.79 Å². The van der Waals surface area contributed by atoms with Crippen LogP contribution in [0.4, 0.5) is 0 Å². The SMILES string of the molecule is CCN(C)Cc1cccc(-c2ccc(O)c3c2CC2CC4C(C(O)=C2C3=O)C(O)(O)C(C(N)=O)=C(O)[C@H]4N(C)C)c1. The van der Waals surface area contributed by atoms with E-state index in [2.05, 4.69) is 17.9 Å². The summed E-state index contributed by atoms with van der Waals surface area (Å²) in [7, 11) is 5.35. The average molecular weight is 564 g/mol. The summed E-state index contributed by atoms with van der Waals surface area (Å²) in [6.07, 6.45) is 0.497. The van der Waals surface area contributed by atoms with Crippen LogP contribution in [-0.2, 0) is 17.8 Å². The Morgan fingerprint density at radius 2 is 1.78 bits per heavy atom. The molecule has 218 valence electrons. The van der Waals surface area contributed by atoms with Gasteiger partial charge in [0.05, 0.1) is 17.5 Å². The molecule has 10 heteroatoms. The number of aromatic hydroxyl groups is 1. The van der Waals surface area contributed by atoms with Crippen LogP contribution in [0.5, 0.6) is 5.75 Å². The number of ketones is 1. The Bertz CT molecular complexity index is 1490. The first-order chi connectivity index (χ1) is 19.3. The summed E-state index contributed by atoms with van der Waals surface area (Å²) >= 11 is 0. The van der Waals surface area contributed by atoms with E-state index >= 15 is 0 Å². The van der Waals surface area contributed by atoms with Gasteiger partial charge in [-0.3, -0.25) is 14.5 Å². The first-order valence-electron chi connectivity index (χ1n) is 13.7. The number of fused-ring (bicyclic) bond motifs is 3. The van der Waals surface area contributed by atoms with E-state index < -0.39 is 58.4 Å². The number of rotatable bonds is 6. The number of nitrogens with two attached hydrogens (primary N) is 1. The maximum atomic E-state index is 14.0. The van der Waals surface area contributed by atoms with Crippen LogP contribution < -0.4 is 5.73 Å². The molecule has 5 rings (SSSR count). The number of aliphatic hydroxyl groups is 4. The van der Waals surface area contributed by atoms with Crippen LogP contribution in [-0.4, -0.2) is 86.5 Å². The molecule has 10 nitrogen and oxygen atoms in total. The van der Waals surface area contributed by atoms with Crippen molar-refractivity contribution in [2.75, 3.05) is 27.7 Å². The molecule has 0 aromatic heterocycles. The molecule has 0 aliphatic heterocycles. The molecule has 0 saturated heterocycles. The third-order valence-corrected chi connectivity index (χ3v) is 8.95. The second-order valence-corrected chi connectivity index (χ2v) is 11.7. The molecule has 0 heterocycles. The topological polar surface area (TPSA) is 168 Å². The highest BCUT2D eigenvalue weighted by Gasteiger charge is 2.60. The zero-order valence-corrected chi connectivity index (χ0v) is 23.6. The molecule has 41 heavy (non-hydrogen) atoms. The number of phenolic OH excluding ortho intramolecular Hbond substituents is 1. The quantitative estimate of drug-likeness (QED) is 0.289. The van der Waals surface area contributed by atoms with Crippen molar-refractivity contribution in [1.82, 2.24) is 9.80 Å². The lowest BCUT2D eigenvalue weighted by molar-refractivity contribution is -0.200.